The molecular weight excluding hydrogens is 343 g/mol. The SMILES string of the molecule is COc1ccc(/C=C2/N=C(CCc3ccccc3F)NC2=O)cc1C(C)C. The lowest BCUT2D eigenvalue weighted by atomic mass is 9.99. The smallest absolute Gasteiger partial charge is 0.275 e. The zero-order valence-electron chi connectivity index (χ0n) is 15.8. The molecule has 0 saturated heterocycles. The standard InChI is InChI=1S/C22H23FN2O2/c1-14(2)17-12-15(8-10-20(17)27-3)13-19-22(26)25-21(24-19)11-9-16-6-4-5-7-18(16)23/h4-8,10,12-14H,9,11H2,1-3H3,(H,24,25,26)/b19-13+. The fourth-order valence-corrected chi connectivity index (χ4v) is 3.04. The molecule has 1 aliphatic rings. The number of carbonyl (C=O) groups is 1. The minimum Gasteiger partial charge on any atom is -0.496 e. The Morgan fingerprint density at radius 1 is 1.19 bits per heavy atom. The molecule has 1 aliphatic heterocycles. The van der Waals surface area contributed by atoms with Crippen molar-refractivity contribution in [2.75, 3.05) is 7.11 Å². The van der Waals surface area contributed by atoms with Crippen LogP contribution in [-0.2, 0) is 11.2 Å². The van der Waals surface area contributed by atoms with E-state index in [9.17, 15) is 9.18 Å². The number of nitrogens with zero attached hydrogens (tertiary/aromatic N) is 1. The highest BCUT2D eigenvalue weighted by atomic mass is 19.1. The van der Waals surface area contributed by atoms with E-state index in [0.29, 0.717) is 35.9 Å². The molecule has 0 radical (unpaired) electrons. The molecule has 5 heteroatoms. The molecule has 2 aromatic rings. The van der Waals surface area contributed by atoms with E-state index in [4.69, 9.17) is 4.74 Å². The number of ether oxygens (including phenoxy) is 1. The molecule has 1 amide bonds. The summed E-state index contributed by atoms with van der Waals surface area (Å²) < 4.78 is 19.1. The van der Waals surface area contributed by atoms with Gasteiger partial charge in [-0.1, -0.05) is 38.1 Å². The summed E-state index contributed by atoms with van der Waals surface area (Å²) in [4.78, 5) is 16.6. The Hall–Kier alpha value is -2.95. The fraction of sp³-hybridized carbons (Fsp3) is 0.273. The van der Waals surface area contributed by atoms with Gasteiger partial charge in [0.25, 0.3) is 5.91 Å². The maximum Gasteiger partial charge on any atom is 0.275 e. The molecule has 4 nitrogen and oxygen atoms in total. The van der Waals surface area contributed by atoms with Crippen LogP contribution >= 0.6 is 0 Å². The third-order valence-electron chi connectivity index (χ3n) is 4.51. The summed E-state index contributed by atoms with van der Waals surface area (Å²) in [6, 6.07) is 12.5. The number of hydrogen-bond donors (Lipinski definition) is 1. The van der Waals surface area contributed by atoms with Crippen LogP contribution < -0.4 is 10.1 Å². The van der Waals surface area contributed by atoms with Crippen molar-refractivity contribution in [1.82, 2.24) is 5.32 Å². The summed E-state index contributed by atoms with van der Waals surface area (Å²) >= 11 is 0. The number of rotatable bonds is 6. The topological polar surface area (TPSA) is 50.7 Å². The first-order valence-electron chi connectivity index (χ1n) is 9.00. The van der Waals surface area contributed by atoms with Crippen molar-refractivity contribution in [2.45, 2.75) is 32.6 Å². The number of benzene rings is 2. The molecule has 0 atom stereocenters. The number of hydrogen-bond acceptors (Lipinski definition) is 3. The number of amides is 1. The molecule has 2 aromatic carbocycles. The number of methoxy groups -OCH3 is 1. The highest BCUT2D eigenvalue weighted by molar-refractivity contribution is 6.14. The predicted molar refractivity (Wildman–Crippen MR) is 105 cm³/mol. The first-order valence-corrected chi connectivity index (χ1v) is 9.00. The van der Waals surface area contributed by atoms with E-state index in [1.807, 2.05) is 18.2 Å². The second-order valence-corrected chi connectivity index (χ2v) is 6.79. The van der Waals surface area contributed by atoms with Crippen LogP contribution in [-0.4, -0.2) is 18.9 Å². The van der Waals surface area contributed by atoms with Crippen LogP contribution in [0.25, 0.3) is 6.08 Å². The second-order valence-electron chi connectivity index (χ2n) is 6.79. The number of aryl methyl sites for hydroxylation is 1. The molecule has 3 rings (SSSR count). The van der Waals surface area contributed by atoms with E-state index in [1.165, 1.54) is 6.07 Å². The van der Waals surface area contributed by atoms with Gasteiger partial charge in [-0.15, -0.1) is 0 Å². The van der Waals surface area contributed by atoms with Crippen molar-refractivity contribution < 1.29 is 13.9 Å². The lowest BCUT2D eigenvalue weighted by molar-refractivity contribution is -0.115. The Kier molecular flexibility index (Phi) is 5.69. The lowest BCUT2D eigenvalue weighted by Crippen LogP contribution is -2.24. The molecule has 0 spiro atoms. The summed E-state index contributed by atoms with van der Waals surface area (Å²) in [5.41, 5.74) is 2.94. The van der Waals surface area contributed by atoms with E-state index < -0.39 is 0 Å². The van der Waals surface area contributed by atoms with Gasteiger partial charge in [0, 0.05) is 6.42 Å². The number of amidine groups is 1. The van der Waals surface area contributed by atoms with E-state index in [1.54, 1.807) is 31.4 Å². The number of halogens is 1. The molecule has 27 heavy (non-hydrogen) atoms. The number of aliphatic imine (C=N–C) groups is 1. The molecule has 0 unspecified atom stereocenters. The molecular formula is C22H23FN2O2. The van der Waals surface area contributed by atoms with Crippen molar-refractivity contribution in [3.8, 4) is 5.75 Å². The van der Waals surface area contributed by atoms with Crippen LogP contribution in [0.5, 0.6) is 5.75 Å². The largest absolute Gasteiger partial charge is 0.496 e. The van der Waals surface area contributed by atoms with Gasteiger partial charge in [-0.2, -0.15) is 0 Å². The first kappa shape index (κ1) is 18.8. The third kappa shape index (κ3) is 4.42. The molecule has 0 saturated carbocycles. The summed E-state index contributed by atoms with van der Waals surface area (Å²) in [6.45, 7) is 4.19. The van der Waals surface area contributed by atoms with Gasteiger partial charge >= 0.3 is 0 Å². The highest BCUT2D eigenvalue weighted by Crippen LogP contribution is 2.28. The third-order valence-corrected chi connectivity index (χ3v) is 4.51. The van der Waals surface area contributed by atoms with Gasteiger partial charge in [0.05, 0.1) is 7.11 Å². The quantitative estimate of drug-likeness (QED) is 0.768. The van der Waals surface area contributed by atoms with Crippen molar-refractivity contribution in [3.63, 3.8) is 0 Å². The molecule has 0 fully saturated rings. The van der Waals surface area contributed by atoms with Gasteiger partial charge in [-0.05, 0) is 53.3 Å². The van der Waals surface area contributed by atoms with Crippen LogP contribution in [0.2, 0.25) is 0 Å². The minimum absolute atomic E-state index is 0.236. The van der Waals surface area contributed by atoms with Crippen LogP contribution in [0.4, 0.5) is 4.39 Å². The first-order chi connectivity index (χ1) is 13.0. The Morgan fingerprint density at radius 2 is 1.96 bits per heavy atom. The Balaban J connectivity index is 1.77. The number of carbonyl (C=O) groups excluding carboxylic acids is 1. The summed E-state index contributed by atoms with van der Waals surface area (Å²) in [5, 5.41) is 2.77. The lowest BCUT2D eigenvalue weighted by Gasteiger charge is -2.12. The molecule has 140 valence electrons. The molecule has 0 aliphatic carbocycles. The van der Waals surface area contributed by atoms with Gasteiger partial charge in [-0.3, -0.25) is 4.79 Å². The summed E-state index contributed by atoms with van der Waals surface area (Å²) in [5.74, 6) is 1.22. The average molecular weight is 366 g/mol. The average Bonchev–Trinajstić information content (AvgIpc) is 3.00. The second kappa shape index (κ2) is 8.16. The van der Waals surface area contributed by atoms with E-state index in [-0.39, 0.29) is 11.7 Å². The molecule has 0 bridgehead atoms. The maximum atomic E-state index is 13.7. The molecule has 1 N–H and O–H groups in total. The monoisotopic (exact) mass is 366 g/mol. The van der Waals surface area contributed by atoms with Gasteiger partial charge < -0.3 is 10.1 Å². The zero-order valence-corrected chi connectivity index (χ0v) is 15.8. The van der Waals surface area contributed by atoms with Crippen molar-refractivity contribution in [2.24, 2.45) is 4.99 Å². The van der Waals surface area contributed by atoms with Crippen molar-refractivity contribution in [1.29, 1.82) is 0 Å². The zero-order chi connectivity index (χ0) is 19.4. The Bertz CT molecular complexity index is 916. The Morgan fingerprint density at radius 3 is 2.67 bits per heavy atom. The number of nitrogens with one attached hydrogen (secondary N) is 1. The summed E-state index contributed by atoms with van der Waals surface area (Å²) in [6.07, 6.45) is 2.72. The fourth-order valence-electron chi connectivity index (χ4n) is 3.04. The van der Waals surface area contributed by atoms with Crippen molar-refractivity contribution in [3.05, 3.63) is 70.7 Å². The molecule has 0 aromatic heterocycles. The van der Waals surface area contributed by atoms with Crippen LogP contribution in [0.1, 0.15) is 42.9 Å². The van der Waals surface area contributed by atoms with Gasteiger partial charge in [-0.25, -0.2) is 9.38 Å². The van der Waals surface area contributed by atoms with E-state index >= 15 is 0 Å². The van der Waals surface area contributed by atoms with Crippen LogP contribution in [0.15, 0.2) is 53.2 Å². The van der Waals surface area contributed by atoms with Gasteiger partial charge in [0.15, 0.2) is 0 Å². The highest BCUT2D eigenvalue weighted by Gasteiger charge is 2.20. The van der Waals surface area contributed by atoms with Crippen LogP contribution in [0.3, 0.4) is 0 Å². The molecule has 1 heterocycles. The normalized spacial score (nSPS) is 15.2. The van der Waals surface area contributed by atoms with Crippen LogP contribution in [0, 0.1) is 5.82 Å². The van der Waals surface area contributed by atoms with Gasteiger partial charge in [0.1, 0.15) is 23.1 Å². The van der Waals surface area contributed by atoms with Crippen molar-refractivity contribution >= 4 is 17.8 Å². The predicted octanol–water partition coefficient (Wildman–Crippen LogP) is 4.46. The Labute approximate surface area is 158 Å². The summed E-state index contributed by atoms with van der Waals surface area (Å²) in [7, 11) is 1.65. The minimum atomic E-state index is -0.238. The van der Waals surface area contributed by atoms with E-state index in [2.05, 4.69) is 24.2 Å². The van der Waals surface area contributed by atoms with E-state index in [0.717, 1.165) is 16.9 Å². The van der Waals surface area contributed by atoms with Gasteiger partial charge in [0.2, 0.25) is 0 Å². The maximum absolute atomic E-state index is 13.7.